The van der Waals surface area contributed by atoms with E-state index >= 15 is 0 Å². The van der Waals surface area contributed by atoms with E-state index in [1.807, 2.05) is 38.8 Å². The second kappa shape index (κ2) is 9.81. The molecule has 1 aromatic rings. The van der Waals surface area contributed by atoms with Gasteiger partial charge >= 0.3 is 0 Å². The molecule has 7 heteroatoms. The minimum Gasteiger partial charge on any atom is -0.357 e. The van der Waals surface area contributed by atoms with E-state index in [0.29, 0.717) is 19.5 Å². The number of hydrogen-bond donors (Lipinski definition) is 2. The highest BCUT2D eigenvalue weighted by Gasteiger charge is 2.09. The zero-order valence-electron chi connectivity index (χ0n) is 14.1. The van der Waals surface area contributed by atoms with E-state index in [4.69, 9.17) is 0 Å². The molecular formula is C15H28N6O. The molecule has 0 bridgehead atoms. The fraction of sp³-hybridized carbons (Fsp3) is 0.667. The molecule has 124 valence electrons. The van der Waals surface area contributed by atoms with E-state index in [0.717, 1.165) is 31.3 Å². The molecule has 0 spiro atoms. The van der Waals surface area contributed by atoms with Crippen LogP contribution in [-0.4, -0.2) is 52.7 Å². The molecule has 1 rings (SSSR count). The lowest BCUT2D eigenvalue weighted by atomic mass is 10.3. The average Bonchev–Trinajstić information content (AvgIpc) is 2.91. The number of nitrogens with zero attached hydrogens (tertiary/aromatic N) is 4. The van der Waals surface area contributed by atoms with Crippen LogP contribution in [0.25, 0.3) is 0 Å². The molecule has 0 saturated heterocycles. The second-order valence-electron chi connectivity index (χ2n) is 4.88. The van der Waals surface area contributed by atoms with Crippen molar-refractivity contribution in [2.75, 3.05) is 26.2 Å². The first-order valence-electron chi connectivity index (χ1n) is 7.89. The van der Waals surface area contributed by atoms with E-state index in [1.165, 1.54) is 0 Å². The Morgan fingerprint density at radius 2 is 2.05 bits per heavy atom. The Morgan fingerprint density at radius 3 is 2.59 bits per heavy atom. The van der Waals surface area contributed by atoms with Crippen LogP contribution in [0.4, 0.5) is 0 Å². The van der Waals surface area contributed by atoms with Gasteiger partial charge in [0.2, 0.25) is 5.91 Å². The van der Waals surface area contributed by atoms with Crippen LogP contribution >= 0.6 is 0 Å². The molecule has 0 aliphatic rings. The minimum atomic E-state index is 0.167. The van der Waals surface area contributed by atoms with Gasteiger partial charge in [-0.25, -0.2) is 4.99 Å². The molecule has 0 atom stereocenters. The van der Waals surface area contributed by atoms with Crippen LogP contribution in [0, 0.1) is 0 Å². The predicted molar refractivity (Wildman–Crippen MR) is 88.6 cm³/mol. The highest BCUT2D eigenvalue weighted by Crippen LogP contribution is 1.98. The van der Waals surface area contributed by atoms with Gasteiger partial charge in [-0.05, 0) is 26.8 Å². The Kier molecular flexibility index (Phi) is 8.03. The van der Waals surface area contributed by atoms with Crippen LogP contribution in [0.2, 0.25) is 0 Å². The molecule has 1 aromatic heterocycles. The molecule has 0 unspecified atom stereocenters. The van der Waals surface area contributed by atoms with Crippen LogP contribution in [0.5, 0.6) is 0 Å². The molecule has 1 amide bonds. The van der Waals surface area contributed by atoms with E-state index in [2.05, 4.69) is 20.7 Å². The van der Waals surface area contributed by atoms with Gasteiger partial charge in [-0.15, -0.1) is 0 Å². The lowest BCUT2D eigenvalue weighted by Crippen LogP contribution is -2.40. The van der Waals surface area contributed by atoms with Crippen LogP contribution in [0.1, 0.15) is 32.9 Å². The van der Waals surface area contributed by atoms with Crippen molar-refractivity contribution >= 4 is 11.9 Å². The number of nitrogens with one attached hydrogen (secondary N) is 2. The first-order valence-corrected chi connectivity index (χ1v) is 7.89. The summed E-state index contributed by atoms with van der Waals surface area (Å²) < 4.78 is 1.80. The third-order valence-electron chi connectivity index (χ3n) is 3.41. The first kappa shape index (κ1) is 18.0. The SMILES string of the molecule is CCNC(=NCc1ccnn1C)NCCC(=O)N(CC)CC. The van der Waals surface area contributed by atoms with Crippen molar-refractivity contribution in [3.8, 4) is 0 Å². The average molecular weight is 308 g/mol. The maximum Gasteiger partial charge on any atom is 0.224 e. The highest BCUT2D eigenvalue weighted by atomic mass is 16.2. The highest BCUT2D eigenvalue weighted by molar-refractivity contribution is 5.81. The lowest BCUT2D eigenvalue weighted by molar-refractivity contribution is -0.130. The molecule has 0 aliphatic carbocycles. The molecule has 0 fully saturated rings. The molecule has 22 heavy (non-hydrogen) atoms. The fourth-order valence-electron chi connectivity index (χ4n) is 2.08. The van der Waals surface area contributed by atoms with Gasteiger partial charge < -0.3 is 15.5 Å². The summed E-state index contributed by atoms with van der Waals surface area (Å²) in [6.07, 6.45) is 2.23. The van der Waals surface area contributed by atoms with Gasteiger partial charge in [-0.1, -0.05) is 0 Å². The Labute approximate surface area is 132 Å². The number of carbonyl (C=O) groups excluding carboxylic acids is 1. The summed E-state index contributed by atoms with van der Waals surface area (Å²) in [5.74, 6) is 0.885. The molecule has 1 heterocycles. The number of carbonyl (C=O) groups is 1. The lowest BCUT2D eigenvalue weighted by Gasteiger charge is -2.19. The molecular weight excluding hydrogens is 280 g/mol. The largest absolute Gasteiger partial charge is 0.357 e. The fourth-order valence-corrected chi connectivity index (χ4v) is 2.08. The Bertz CT molecular complexity index is 478. The van der Waals surface area contributed by atoms with Crippen molar-refractivity contribution in [3.05, 3.63) is 18.0 Å². The van der Waals surface area contributed by atoms with Gasteiger partial charge in [-0.2, -0.15) is 5.10 Å². The normalized spacial score (nSPS) is 11.4. The monoisotopic (exact) mass is 308 g/mol. The van der Waals surface area contributed by atoms with E-state index in [-0.39, 0.29) is 5.91 Å². The number of aliphatic imine (C=N–C) groups is 1. The van der Waals surface area contributed by atoms with Gasteiger partial charge in [-0.3, -0.25) is 9.48 Å². The smallest absolute Gasteiger partial charge is 0.224 e. The summed E-state index contributed by atoms with van der Waals surface area (Å²) >= 11 is 0. The third kappa shape index (κ3) is 5.75. The second-order valence-corrected chi connectivity index (χ2v) is 4.88. The Hall–Kier alpha value is -2.05. The van der Waals surface area contributed by atoms with Gasteiger partial charge in [0.1, 0.15) is 0 Å². The maximum absolute atomic E-state index is 11.9. The quantitative estimate of drug-likeness (QED) is 0.548. The van der Waals surface area contributed by atoms with Crippen LogP contribution in [0.15, 0.2) is 17.3 Å². The number of rotatable bonds is 8. The zero-order chi connectivity index (χ0) is 16.4. The molecule has 7 nitrogen and oxygen atoms in total. The van der Waals surface area contributed by atoms with E-state index < -0.39 is 0 Å². The third-order valence-corrected chi connectivity index (χ3v) is 3.41. The molecule has 0 aliphatic heterocycles. The summed E-state index contributed by atoms with van der Waals surface area (Å²) in [7, 11) is 1.90. The number of aryl methyl sites for hydroxylation is 1. The van der Waals surface area contributed by atoms with Gasteiger partial charge in [0.15, 0.2) is 5.96 Å². The molecule has 0 saturated carbocycles. The molecule has 2 N–H and O–H groups in total. The van der Waals surface area contributed by atoms with Crippen molar-refractivity contribution in [1.82, 2.24) is 25.3 Å². The number of hydrogen-bond acceptors (Lipinski definition) is 3. The van der Waals surface area contributed by atoms with E-state index in [1.54, 1.807) is 10.9 Å². The predicted octanol–water partition coefficient (Wildman–Crippen LogP) is 0.734. The van der Waals surface area contributed by atoms with Crippen LogP contribution in [-0.2, 0) is 18.4 Å². The zero-order valence-corrected chi connectivity index (χ0v) is 14.1. The van der Waals surface area contributed by atoms with E-state index in [9.17, 15) is 4.79 Å². The first-order chi connectivity index (χ1) is 10.6. The Balaban J connectivity index is 2.47. The summed E-state index contributed by atoms with van der Waals surface area (Å²) in [6.45, 7) is 9.42. The summed E-state index contributed by atoms with van der Waals surface area (Å²) in [6, 6.07) is 1.94. The van der Waals surface area contributed by atoms with Crippen LogP contribution < -0.4 is 10.6 Å². The minimum absolute atomic E-state index is 0.167. The molecule has 0 aromatic carbocycles. The van der Waals surface area contributed by atoms with Gasteiger partial charge in [0.25, 0.3) is 0 Å². The van der Waals surface area contributed by atoms with Crippen molar-refractivity contribution in [2.24, 2.45) is 12.0 Å². The summed E-state index contributed by atoms with van der Waals surface area (Å²) in [5.41, 5.74) is 1.04. The van der Waals surface area contributed by atoms with Crippen molar-refractivity contribution in [3.63, 3.8) is 0 Å². The summed E-state index contributed by atoms with van der Waals surface area (Å²) in [4.78, 5) is 18.3. The summed E-state index contributed by atoms with van der Waals surface area (Å²) in [5, 5.41) is 10.5. The van der Waals surface area contributed by atoms with Crippen molar-refractivity contribution in [2.45, 2.75) is 33.7 Å². The maximum atomic E-state index is 11.9. The molecule has 0 radical (unpaired) electrons. The van der Waals surface area contributed by atoms with Crippen LogP contribution in [0.3, 0.4) is 0 Å². The van der Waals surface area contributed by atoms with Gasteiger partial charge in [0, 0.05) is 45.8 Å². The Morgan fingerprint density at radius 1 is 1.32 bits per heavy atom. The number of amides is 1. The van der Waals surface area contributed by atoms with Gasteiger partial charge in [0.05, 0.1) is 12.2 Å². The van der Waals surface area contributed by atoms with Crippen molar-refractivity contribution < 1.29 is 4.79 Å². The van der Waals surface area contributed by atoms with Crippen molar-refractivity contribution in [1.29, 1.82) is 0 Å². The number of guanidine groups is 1. The number of aromatic nitrogens is 2. The standard InChI is InChI=1S/C15H28N6O/c1-5-16-15(18-12-13-8-11-19-20(13)4)17-10-9-14(22)21(6-2)7-3/h8,11H,5-7,9-10,12H2,1-4H3,(H2,16,17,18). The topological polar surface area (TPSA) is 74.5 Å².